The molecule has 0 saturated heterocycles. The third-order valence-corrected chi connectivity index (χ3v) is 5.75. The van der Waals surface area contributed by atoms with Gasteiger partial charge in [-0.05, 0) is 53.7 Å². The molecule has 2 aromatic rings. The van der Waals surface area contributed by atoms with Crippen LogP contribution >= 0.6 is 38.6 Å². The molecule has 0 amide bonds. The summed E-state index contributed by atoms with van der Waals surface area (Å²) in [6.07, 6.45) is 2.22. The summed E-state index contributed by atoms with van der Waals surface area (Å²) in [5, 5.41) is 3.40. The van der Waals surface area contributed by atoms with E-state index in [4.69, 9.17) is 0 Å². The van der Waals surface area contributed by atoms with Crippen LogP contribution in [0.15, 0.2) is 28.1 Å². The molecule has 2 aromatic heterocycles. The molecule has 0 spiro atoms. The topological polar surface area (TPSA) is 12.0 Å². The van der Waals surface area contributed by atoms with E-state index in [-0.39, 0.29) is 0 Å². The maximum absolute atomic E-state index is 3.52. The average Bonchev–Trinajstić information content (AvgIpc) is 2.94. The van der Waals surface area contributed by atoms with Crippen molar-refractivity contribution in [3.05, 3.63) is 42.7 Å². The molecule has 17 heavy (non-hydrogen) atoms. The van der Waals surface area contributed by atoms with Gasteiger partial charge in [0.1, 0.15) is 0 Å². The summed E-state index contributed by atoms with van der Waals surface area (Å²) in [5.41, 5.74) is 0. The fourth-order valence-electron chi connectivity index (χ4n) is 1.78. The van der Waals surface area contributed by atoms with Crippen LogP contribution in [-0.2, 0) is 12.8 Å². The number of nitrogens with one attached hydrogen (secondary N) is 1. The number of rotatable bonds is 5. The van der Waals surface area contributed by atoms with E-state index in [2.05, 4.69) is 52.4 Å². The molecule has 1 nitrogen and oxygen atoms in total. The van der Waals surface area contributed by atoms with Gasteiger partial charge in [-0.3, -0.25) is 0 Å². The Hall–Kier alpha value is -0.160. The van der Waals surface area contributed by atoms with Gasteiger partial charge in [-0.15, -0.1) is 22.7 Å². The molecule has 2 rings (SSSR count). The summed E-state index contributed by atoms with van der Waals surface area (Å²) in [5.74, 6) is 0. The fraction of sp³-hybridized carbons (Fsp3) is 0.385. The molecule has 0 saturated carbocycles. The molecule has 4 heteroatoms. The second-order valence-corrected chi connectivity index (χ2v) is 7.66. The summed E-state index contributed by atoms with van der Waals surface area (Å²) in [7, 11) is 2.03. The molecular weight excluding hydrogens is 314 g/mol. The zero-order valence-electron chi connectivity index (χ0n) is 10.00. The van der Waals surface area contributed by atoms with Gasteiger partial charge >= 0.3 is 0 Å². The minimum atomic E-state index is 0.426. The highest BCUT2D eigenvalue weighted by Gasteiger charge is 2.13. The van der Waals surface area contributed by atoms with Gasteiger partial charge in [-0.25, -0.2) is 0 Å². The Balaban J connectivity index is 2.09. The first-order valence-electron chi connectivity index (χ1n) is 5.73. The third-order valence-electron chi connectivity index (χ3n) is 2.76. The van der Waals surface area contributed by atoms with Crippen LogP contribution in [0.25, 0.3) is 0 Å². The molecule has 0 radical (unpaired) electrons. The van der Waals surface area contributed by atoms with Gasteiger partial charge in [0, 0.05) is 27.1 Å². The second kappa shape index (κ2) is 6.14. The molecule has 0 bridgehead atoms. The van der Waals surface area contributed by atoms with E-state index in [1.807, 2.05) is 29.7 Å². The molecule has 2 heterocycles. The van der Waals surface area contributed by atoms with Gasteiger partial charge in [-0.1, -0.05) is 6.92 Å². The van der Waals surface area contributed by atoms with E-state index >= 15 is 0 Å². The number of aryl methyl sites for hydroxylation is 1. The lowest BCUT2D eigenvalue weighted by Crippen LogP contribution is -2.17. The van der Waals surface area contributed by atoms with Gasteiger partial charge in [0.05, 0.1) is 3.79 Å². The Morgan fingerprint density at radius 1 is 1.18 bits per heavy atom. The molecule has 0 aliphatic carbocycles. The fourth-order valence-corrected chi connectivity index (χ4v) is 4.32. The summed E-state index contributed by atoms with van der Waals surface area (Å²) in [4.78, 5) is 4.33. The molecule has 0 aromatic carbocycles. The SMILES string of the molecule is CCc1ccc(CC(NC)c2ccc(Br)s2)s1. The van der Waals surface area contributed by atoms with Crippen molar-refractivity contribution >= 4 is 38.6 Å². The first kappa shape index (κ1) is 13.3. The lowest BCUT2D eigenvalue weighted by molar-refractivity contribution is 0.607. The highest BCUT2D eigenvalue weighted by atomic mass is 79.9. The number of halogens is 1. The molecule has 92 valence electrons. The van der Waals surface area contributed by atoms with Gasteiger partial charge in [-0.2, -0.15) is 0 Å². The summed E-state index contributed by atoms with van der Waals surface area (Å²) in [6, 6.07) is 9.25. The van der Waals surface area contributed by atoms with Gasteiger partial charge in [0.2, 0.25) is 0 Å². The predicted molar refractivity (Wildman–Crippen MR) is 81.2 cm³/mol. The standard InChI is InChI=1S/C13H16BrNS2/c1-3-9-4-5-10(16-9)8-11(15-2)12-6-7-13(14)17-12/h4-7,11,15H,3,8H2,1-2H3. The van der Waals surface area contributed by atoms with Crippen LogP contribution in [0.1, 0.15) is 27.6 Å². The Morgan fingerprint density at radius 2 is 1.94 bits per heavy atom. The van der Waals surface area contributed by atoms with Crippen LogP contribution in [0.5, 0.6) is 0 Å². The van der Waals surface area contributed by atoms with Crippen molar-refractivity contribution in [3.8, 4) is 0 Å². The summed E-state index contributed by atoms with van der Waals surface area (Å²) in [6.45, 7) is 2.21. The molecule has 0 fully saturated rings. The Bertz CT molecular complexity index is 475. The van der Waals surface area contributed by atoms with E-state index in [1.165, 1.54) is 18.4 Å². The van der Waals surface area contributed by atoms with E-state index in [0.717, 1.165) is 12.8 Å². The summed E-state index contributed by atoms with van der Waals surface area (Å²) >= 11 is 7.27. The Morgan fingerprint density at radius 3 is 2.47 bits per heavy atom. The normalized spacial score (nSPS) is 12.9. The van der Waals surface area contributed by atoms with E-state index in [0.29, 0.717) is 6.04 Å². The van der Waals surface area contributed by atoms with Crippen molar-refractivity contribution < 1.29 is 0 Å². The van der Waals surface area contributed by atoms with E-state index in [1.54, 1.807) is 0 Å². The van der Waals surface area contributed by atoms with Gasteiger partial charge in [0.15, 0.2) is 0 Å². The van der Waals surface area contributed by atoms with Crippen LogP contribution < -0.4 is 5.32 Å². The third kappa shape index (κ3) is 3.41. The first-order valence-corrected chi connectivity index (χ1v) is 8.15. The molecule has 0 aliphatic rings. The lowest BCUT2D eigenvalue weighted by Gasteiger charge is -2.13. The van der Waals surface area contributed by atoms with Crippen LogP contribution in [0.2, 0.25) is 0 Å². The van der Waals surface area contributed by atoms with Crippen molar-refractivity contribution in [2.45, 2.75) is 25.8 Å². The molecular formula is C13H16BrNS2. The Labute approximate surface area is 119 Å². The minimum absolute atomic E-state index is 0.426. The average molecular weight is 330 g/mol. The van der Waals surface area contributed by atoms with E-state index < -0.39 is 0 Å². The smallest absolute Gasteiger partial charge is 0.0701 e. The molecule has 0 aliphatic heterocycles. The van der Waals surface area contributed by atoms with Crippen molar-refractivity contribution in [1.82, 2.24) is 5.32 Å². The van der Waals surface area contributed by atoms with Crippen molar-refractivity contribution in [1.29, 1.82) is 0 Å². The second-order valence-electron chi connectivity index (χ2n) is 3.91. The maximum atomic E-state index is 3.52. The summed E-state index contributed by atoms with van der Waals surface area (Å²) < 4.78 is 1.20. The number of hydrogen-bond donors (Lipinski definition) is 1. The zero-order valence-corrected chi connectivity index (χ0v) is 13.2. The van der Waals surface area contributed by atoms with Gasteiger partial charge in [0.25, 0.3) is 0 Å². The quantitative estimate of drug-likeness (QED) is 0.842. The van der Waals surface area contributed by atoms with Crippen LogP contribution in [0.3, 0.4) is 0 Å². The largest absolute Gasteiger partial charge is 0.312 e. The monoisotopic (exact) mass is 329 g/mol. The zero-order chi connectivity index (χ0) is 12.3. The van der Waals surface area contributed by atoms with Crippen molar-refractivity contribution in [3.63, 3.8) is 0 Å². The Kier molecular flexibility index (Phi) is 4.79. The van der Waals surface area contributed by atoms with Crippen LogP contribution in [-0.4, -0.2) is 7.05 Å². The predicted octanol–water partition coefficient (Wildman–Crippen LogP) is 4.64. The number of likely N-dealkylation sites (N-methyl/N-ethyl adjacent to an activating group) is 1. The van der Waals surface area contributed by atoms with Crippen LogP contribution in [0.4, 0.5) is 0 Å². The number of thiophene rings is 2. The molecule has 1 unspecified atom stereocenters. The van der Waals surface area contributed by atoms with Crippen molar-refractivity contribution in [2.24, 2.45) is 0 Å². The van der Waals surface area contributed by atoms with E-state index in [9.17, 15) is 0 Å². The highest BCUT2D eigenvalue weighted by molar-refractivity contribution is 9.11. The molecule has 1 N–H and O–H groups in total. The van der Waals surface area contributed by atoms with Crippen molar-refractivity contribution in [2.75, 3.05) is 7.05 Å². The lowest BCUT2D eigenvalue weighted by atomic mass is 10.1. The molecule has 1 atom stereocenters. The highest BCUT2D eigenvalue weighted by Crippen LogP contribution is 2.30. The maximum Gasteiger partial charge on any atom is 0.0701 e. The first-order chi connectivity index (χ1) is 8.22. The van der Waals surface area contributed by atoms with Gasteiger partial charge < -0.3 is 5.32 Å². The van der Waals surface area contributed by atoms with Crippen LogP contribution in [0, 0.1) is 0 Å². The minimum Gasteiger partial charge on any atom is -0.312 e. The number of hydrogen-bond acceptors (Lipinski definition) is 3.